The van der Waals surface area contributed by atoms with Crippen LogP contribution >= 0.6 is 0 Å². The normalized spacial score (nSPS) is 16.4. The third-order valence-electron chi connectivity index (χ3n) is 5.04. The molecule has 2 heterocycles. The standard InChI is InChI=1S/C21H26FN5O5/c1-13-9-26(19(28)12-24-11-18(27(30)31)23-14(24)2)17-8-16(22)7-6-15(17)10-25(13)20(29)32-21(3,4)5/h6-8,11,13H,9-10,12H2,1-5H3/t13-/m1/s1. The van der Waals surface area contributed by atoms with Crippen molar-refractivity contribution in [3.8, 4) is 0 Å². The van der Waals surface area contributed by atoms with Crippen LogP contribution in [-0.4, -0.2) is 49.6 Å². The highest BCUT2D eigenvalue weighted by Gasteiger charge is 2.34. The molecule has 0 radical (unpaired) electrons. The minimum absolute atomic E-state index is 0.102. The average Bonchev–Trinajstić information content (AvgIpc) is 2.96. The first-order valence-electron chi connectivity index (χ1n) is 10.1. The lowest BCUT2D eigenvalue weighted by Crippen LogP contribution is -2.46. The SMILES string of the molecule is Cc1nc([N+](=O)[O-])cn1CC(=O)N1C[C@@H](C)N(C(=O)OC(C)(C)C)Cc2ccc(F)cc21. The first-order chi connectivity index (χ1) is 14.9. The maximum atomic E-state index is 14.1. The zero-order valence-electron chi connectivity index (χ0n) is 18.7. The first kappa shape index (κ1) is 23.2. The zero-order valence-corrected chi connectivity index (χ0v) is 18.7. The van der Waals surface area contributed by atoms with Crippen molar-refractivity contribution in [3.63, 3.8) is 0 Å². The third-order valence-corrected chi connectivity index (χ3v) is 5.04. The lowest BCUT2D eigenvalue weighted by atomic mass is 10.1. The molecule has 1 aliphatic heterocycles. The van der Waals surface area contributed by atoms with Crippen molar-refractivity contribution >= 4 is 23.5 Å². The number of carbonyl (C=O) groups is 2. The Morgan fingerprint density at radius 1 is 1.34 bits per heavy atom. The monoisotopic (exact) mass is 447 g/mol. The van der Waals surface area contributed by atoms with E-state index in [1.807, 2.05) is 0 Å². The molecule has 0 aliphatic carbocycles. The summed E-state index contributed by atoms with van der Waals surface area (Å²) < 4.78 is 21.0. The lowest BCUT2D eigenvalue weighted by Gasteiger charge is -2.31. The van der Waals surface area contributed by atoms with Gasteiger partial charge in [0.1, 0.15) is 24.2 Å². The Balaban J connectivity index is 1.93. The number of benzene rings is 1. The van der Waals surface area contributed by atoms with Crippen LogP contribution in [0.1, 0.15) is 39.1 Å². The summed E-state index contributed by atoms with van der Waals surface area (Å²) in [5.41, 5.74) is 0.237. The summed E-state index contributed by atoms with van der Waals surface area (Å²) in [6.07, 6.45) is 0.657. The highest BCUT2D eigenvalue weighted by atomic mass is 19.1. The Morgan fingerprint density at radius 2 is 2.03 bits per heavy atom. The molecule has 1 atom stereocenters. The van der Waals surface area contributed by atoms with Crippen LogP contribution in [0.15, 0.2) is 24.4 Å². The number of carbonyl (C=O) groups excluding carboxylic acids is 2. The number of ether oxygens (including phenoxy) is 1. The third kappa shape index (κ3) is 5.04. The highest BCUT2D eigenvalue weighted by molar-refractivity contribution is 5.94. The molecule has 0 bridgehead atoms. The van der Waals surface area contributed by atoms with Gasteiger partial charge in [-0.25, -0.2) is 9.18 Å². The molecular weight excluding hydrogens is 421 g/mol. The molecule has 2 amide bonds. The van der Waals surface area contributed by atoms with Crippen LogP contribution in [0, 0.1) is 22.9 Å². The van der Waals surface area contributed by atoms with Gasteiger partial charge in [-0.15, -0.1) is 0 Å². The maximum absolute atomic E-state index is 14.1. The maximum Gasteiger partial charge on any atom is 0.410 e. The van der Waals surface area contributed by atoms with Crippen LogP contribution in [0.2, 0.25) is 0 Å². The first-order valence-corrected chi connectivity index (χ1v) is 10.1. The summed E-state index contributed by atoms with van der Waals surface area (Å²) in [7, 11) is 0. The Hall–Kier alpha value is -3.50. The van der Waals surface area contributed by atoms with E-state index >= 15 is 0 Å². The molecule has 0 saturated heterocycles. The van der Waals surface area contributed by atoms with Gasteiger partial charge in [0.25, 0.3) is 0 Å². The van der Waals surface area contributed by atoms with Gasteiger partial charge in [0.05, 0.1) is 18.3 Å². The summed E-state index contributed by atoms with van der Waals surface area (Å²) in [5.74, 6) is -0.982. The molecule has 11 heteroatoms. The fourth-order valence-corrected chi connectivity index (χ4v) is 3.49. The molecule has 0 spiro atoms. The quantitative estimate of drug-likeness (QED) is 0.527. The van der Waals surface area contributed by atoms with E-state index in [2.05, 4.69) is 4.98 Å². The molecule has 172 valence electrons. The summed E-state index contributed by atoms with van der Waals surface area (Å²) in [6, 6.07) is 3.63. The molecule has 1 aromatic heterocycles. The summed E-state index contributed by atoms with van der Waals surface area (Å²) in [4.78, 5) is 43.1. The van der Waals surface area contributed by atoms with Crippen molar-refractivity contribution in [1.82, 2.24) is 14.5 Å². The van der Waals surface area contributed by atoms with Crippen molar-refractivity contribution < 1.29 is 23.6 Å². The number of hydrogen-bond acceptors (Lipinski definition) is 6. The van der Waals surface area contributed by atoms with E-state index in [1.165, 1.54) is 38.8 Å². The molecule has 0 unspecified atom stereocenters. The van der Waals surface area contributed by atoms with Gasteiger partial charge in [0.2, 0.25) is 11.7 Å². The number of nitro groups is 1. The van der Waals surface area contributed by atoms with Crippen LogP contribution in [-0.2, 0) is 22.6 Å². The van der Waals surface area contributed by atoms with Crippen molar-refractivity contribution in [2.24, 2.45) is 0 Å². The topological polar surface area (TPSA) is 111 Å². The number of fused-ring (bicyclic) bond motifs is 1. The smallest absolute Gasteiger partial charge is 0.410 e. The fraction of sp³-hybridized carbons (Fsp3) is 0.476. The van der Waals surface area contributed by atoms with Gasteiger partial charge < -0.3 is 19.8 Å². The molecule has 32 heavy (non-hydrogen) atoms. The van der Waals surface area contributed by atoms with E-state index in [4.69, 9.17) is 4.74 Å². The number of hydrogen-bond donors (Lipinski definition) is 0. The summed E-state index contributed by atoms with van der Waals surface area (Å²) in [5, 5.41) is 11.0. The van der Waals surface area contributed by atoms with Crippen molar-refractivity contribution in [2.45, 2.75) is 59.4 Å². The number of anilines is 1. The van der Waals surface area contributed by atoms with E-state index in [1.54, 1.807) is 34.6 Å². The van der Waals surface area contributed by atoms with Crippen LogP contribution < -0.4 is 4.90 Å². The molecule has 3 rings (SSSR count). The Labute approximate surface area is 184 Å². The minimum atomic E-state index is -0.697. The number of aryl methyl sites for hydroxylation is 1. The Kier molecular flexibility index (Phi) is 6.20. The number of aromatic nitrogens is 2. The molecule has 0 saturated carbocycles. The molecule has 1 aliphatic rings. The van der Waals surface area contributed by atoms with Crippen molar-refractivity contribution in [1.29, 1.82) is 0 Å². The fourth-order valence-electron chi connectivity index (χ4n) is 3.49. The number of imidazole rings is 1. The summed E-state index contributed by atoms with van der Waals surface area (Å²) in [6.45, 7) is 8.65. The number of rotatable bonds is 3. The Morgan fingerprint density at radius 3 is 2.62 bits per heavy atom. The van der Waals surface area contributed by atoms with Crippen molar-refractivity contribution in [2.75, 3.05) is 11.4 Å². The van der Waals surface area contributed by atoms with Gasteiger partial charge in [-0.3, -0.25) is 14.3 Å². The van der Waals surface area contributed by atoms with Crippen LogP contribution in [0.25, 0.3) is 0 Å². The summed E-state index contributed by atoms with van der Waals surface area (Å²) >= 11 is 0. The second-order valence-corrected chi connectivity index (χ2v) is 8.77. The van der Waals surface area contributed by atoms with Crippen LogP contribution in [0.4, 0.5) is 20.7 Å². The van der Waals surface area contributed by atoms with Crippen molar-refractivity contribution in [3.05, 3.63) is 51.7 Å². The molecule has 0 fully saturated rings. The number of halogens is 1. The van der Waals surface area contributed by atoms with Gasteiger partial charge in [-0.2, -0.15) is 0 Å². The molecular formula is C21H26FN5O5. The molecule has 1 aromatic carbocycles. The number of nitrogens with zero attached hydrogens (tertiary/aromatic N) is 5. The largest absolute Gasteiger partial charge is 0.444 e. The van der Waals surface area contributed by atoms with Crippen LogP contribution in [0.5, 0.6) is 0 Å². The second kappa shape index (κ2) is 8.56. The Bertz CT molecular complexity index is 1060. The number of amides is 2. The van der Waals surface area contributed by atoms with E-state index in [-0.39, 0.29) is 25.5 Å². The van der Waals surface area contributed by atoms with Gasteiger partial charge in [-0.1, -0.05) is 6.07 Å². The predicted molar refractivity (Wildman–Crippen MR) is 114 cm³/mol. The average molecular weight is 447 g/mol. The van der Waals surface area contributed by atoms with E-state index in [9.17, 15) is 24.1 Å². The van der Waals surface area contributed by atoms with Crippen LogP contribution in [0.3, 0.4) is 0 Å². The van der Waals surface area contributed by atoms with E-state index in [0.717, 1.165) is 0 Å². The highest BCUT2D eigenvalue weighted by Crippen LogP contribution is 2.30. The van der Waals surface area contributed by atoms with Gasteiger partial charge in [-0.05, 0) is 55.3 Å². The van der Waals surface area contributed by atoms with Gasteiger partial charge in [0.15, 0.2) is 0 Å². The second-order valence-electron chi connectivity index (χ2n) is 8.77. The van der Waals surface area contributed by atoms with E-state index in [0.29, 0.717) is 17.1 Å². The zero-order chi connectivity index (χ0) is 23.8. The molecule has 0 N–H and O–H groups in total. The van der Waals surface area contributed by atoms with E-state index < -0.39 is 34.4 Å². The van der Waals surface area contributed by atoms with Gasteiger partial charge >= 0.3 is 11.9 Å². The molecule has 2 aromatic rings. The predicted octanol–water partition coefficient (Wildman–Crippen LogP) is 3.41. The minimum Gasteiger partial charge on any atom is -0.444 e. The molecule has 10 nitrogen and oxygen atoms in total. The lowest BCUT2D eigenvalue weighted by molar-refractivity contribution is -0.389. The van der Waals surface area contributed by atoms with Gasteiger partial charge in [0, 0.05) is 13.5 Å².